The van der Waals surface area contributed by atoms with Crippen molar-refractivity contribution in [2.45, 2.75) is 31.8 Å². The van der Waals surface area contributed by atoms with Crippen LogP contribution in [0.1, 0.15) is 30.9 Å². The maximum atomic E-state index is 13.4. The third-order valence-electron chi connectivity index (χ3n) is 7.68. The smallest absolute Gasteiger partial charge is 0.327 e. The van der Waals surface area contributed by atoms with Gasteiger partial charge in [-0.25, -0.2) is 4.79 Å². The quantitative estimate of drug-likeness (QED) is 0.510. The molecule has 2 saturated heterocycles. The summed E-state index contributed by atoms with van der Waals surface area (Å²) in [7, 11) is 5.04. The van der Waals surface area contributed by atoms with Gasteiger partial charge in [-0.3, -0.25) is 14.6 Å². The maximum absolute atomic E-state index is 13.4. The van der Waals surface area contributed by atoms with E-state index >= 15 is 0 Å². The number of dihydropyridines is 1. The van der Waals surface area contributed by atoms with E-state index in [0.717, 1.165) is 48.8 Å². The third-order valence-corrected chi connectivity index (χ3v) is 7.68. The number of imide groups is 1. The van der Waals surface area contributed by atoms with Gasteiger partial charge in [0.05, 0.1) is 14.2 Å². The number of ether oxygens (including phenoxy) is 2. The normalized spacial score (nSPS) is 18.4. The van der Waals surface area contributed by atoms with Gasteiger partial charge in [0.1, 0.15) is 17.0 Å². The lowest BCUT2D eigenvalue weighted by Gasteiger charge is -2.40. The van der Waals surface area contributed by atoms with Crippen LogP contribution in [0.15, 0.2) is 78.5 Å². The zero-order chi connectivity index (χ0) is 28.5. The number of carbonyl (C=O) groups excluding carboxylic acids is 2. The summed E-state index contributed by atoms with van der Waals surface area (Å²) in [4.78, 5) is 31.6. The Morgan fingerprint density at radius 1 is 1.00 bits per heavy atom. The van der Waals surface area contributed by atoms with E-state index in [1.54, 1.807) is 26.2 Å². The van der Waals surface area contributed by atoms with Crippen molar-refractivity contribution in [1.82, 2.24) is 20.0 Å². The molecule has 3 amide bonds. The van der Waals surface area contributed by atoms with Crippen LogP contribution >= 0.6 is 0 Å². The van der Waals surface area contributed by atoms with E-state index in [2.05, 4.69) is 35.4 Å². The van der Waals surface area contributed by atoms with Crippen LogP contribution in [0.4, 0.5) is 4.79 Å². The molecule has 3 heterocycles. The van der Waals surface area contributed by atoms with E-state index in [-0.39, 0.29) is 18.5 Å². The zero-order valence-electron chi connectivity index (χ0n) is 23.9. The summed E-state index contributed by atoms with van der Waals surface area (Å²) in [6.07, 6.45) is 11.3. The molecule has 0 aromatic heterocycles. The SMILES string of the molecule is CC1=CC=CCN1.COc1cc(CN2CCC3(CC2)C(=O)N(C/C=C/c2ccccc2)C(=O)N3C)cc(OC)c1. The lowest BCUT2D eigenvalue weighted by Crippen LogP contribution is -2.55. The number of allylic oxidation sites excluding steroid dienone is 3. The fourth-order valence-electron chi connectivity index (χ4n) is 5.27. The lowest BCUT2D eigenvalue weighted by atomic mass is 9.86. The first-order chi connectivity index (χ1) is 19.4. The Bertz CT molecular complexity index is 1240. The highest BCUT2D eigenvalue weighted by Gasteiger charge is 2.56. The Labute approximate surface area is 237 Å². The maximum Gasteiger partial charge on any atom is 0.327 e. The molecule has 0 aliphatic carbocycles. The van der Waals surface area contributed by atoms with Crippen LogP contribution in [-0.2, 0) is 11.3 Å². The highest BCUT2D eigenvalue weighted by atomic mass is 16.5. The number of urea groups is 1. The van der Waals surface area contributed by atoms with Crippen molar-refractivity contribution >= 4 is 18.0 Å². The molecule has 2 aromatic carbocycles. The average molecular weight is 545 g/mol. The van der Waals surface area contributed by atoms with E-state index < -0.39 is 5.54 Å². The number of hydrogen-bond acceptors (Lipinski definition) is 6. The highest BCUT2D eigenvalue weighted by Crippen LogP contribution is 2.36. The van der Waals surface area contributed by atoms with Crippen molar-refractivity contribution in [3.63, 3.8) is 0 Å². The van der Waals surface area contributed by atoms with E-state index in [9.17, 15) is 9.59 Å². The first-order valence-corrected chi connectivity index (χ1v) is 13.7. The second-order valence-electron chi connectivity index (χ2n) is 10.3. The van der Waals surface area contributed by atoms with Gasteiger partial charge in [0.2, 0.25) is 0 Å². The number of carbonyl (C=O) groups is 2. The molecular formula is C32H40N4O4. The number of rotatable bonds is 7. The molecule has 1 N–H and O–H groups in total. The zero-order valence-corrected chi connectivity index (χ0v) is 23.9. The topological polar surface area (TPSA) is 74.4 Å². The van der Waals surface area contributed by atoms with Gasteiger partial charge in [0.25, 0.3) is 5.91 Å². The standard InChI is InChI=1S/C26H31N3O4.C6H9N/c1-27-25(31)29(13-7-10-20-8-5-4-6-9-20)24(30)26(27)11-14-28(15-12-26)19-21-16-22(32-2)18-23(17-21)33-3;1-6-4-2-3-5-7-6/h4-10,16-18H,11-15,19H2,1-3H3;2-4,7H,5H2,1H3/b10-7+;. The van der Waals surface area contributed by atoms with Crippen molar-refractivity contribution in [2.24, 2.45) is 0 Å². The summed E-state index contributed by atoms with van der Waals surface area (Å²) in [5.74, 6) is 1.43. The molecule has 3 aliphatic rings. The van der Waals surface area contributed by atoms with E-state index in [4.69, 9.17) is 9.47 Å². The second-order valence-corrected chi connectivity index (χ2v) is 10.3. The molecule has 3 aliphatic heterocycles. The van der Waals surface area contributed by atoms with Gasteiger partial charge in [0, 0.05) is 51.5 Å². The summed E-state index contributed by atoms with van der Waals surface area (Å²) >= 11 is 0. The molecule has 8 heteroatoms. The number of benzene rings is 2. The molecule has 2 fully saturated rings. The average Bonchev–Trinajstić information content (AvgIpc) is 3.15. The number of piperidine rings is 1. The van der Waals surface area contributed by atoms with Crippen LogP contribution in [-0.4, -0.2) is 79.6 Å². The fourth-order valence-corrected chi connectivity index (χ4v) is 5.27. The number of likely N-dealkylation sites (tertiary alicyclic amines) is 1. The van der Waals surface area contributed by atoms with Crippen molar-refractivity contribution in [3.05, 3.63) is 89.7 Å². The minimum Gasteiger partial charge on any atom is -0.497 e. The Kier molecular flexibility index (Phi) is 9.66. The predicted molar refractivity (Wildman–Crippen MR) is 158 cm³/mol. The summed E-state index contributed by atoms with van der Waals surface area (Å²) in [6.45, 7) is 5.53. The Balaban J connectivity index is 0.000000461. The summed E-state index contributed by atoms with van der Waals surface area (Å²) < 4.78 is 10.8. The molecule has 212 valence electrons. The molecule has 40 heavy (non-hydrogen) atoms. The molecule has 5 rings (SSSR count). The summed E-state index contributed by atoms with van der Waals surface area (Å²) in [5, 5.41) is 3.16. The Morgan fingerprint density at radius 3 is 2.23 bits per heavy atom. The molecule has 0 radical (unpaired) electrons. The van der Waals surface area contributed by atoms with E-state index in [1.165, 1.54) is 10.6 Å². The number of amides is 3. The van der Waals surface area contributed by atoms with Gasteiger partial charge in [-0.2, -0.15) is 0 Å². The predicted octanol–water partition coefficient (Wildman–Crippen LogP) is 4.70. The minimum atomic E-state index is -0.750. The number of nitrogens with zero attached hydrogens (tertiary/aromatic N) is 3. The van der Waals surface area contributed by atoms with E-state index in [1.807, 2.05) is 60.7 Å². The van der Waals surface area contributed by atoms with Gasteiger partial charge in [-0.1, -0.05) is 54.6 Å². The highest BCUT2D eigenvalue weighted by molar-refractivity contribution is 6.07. The largest absolute Gasteiger partial charge is 0.497 e. The van der Waals surface area contributed by atoms with Crippen molar-refractivity contribution in [2.75, 3.05) is 47.4 Å². The van der Waals surface area contributed by atoms with Crippen LogP contribution in [0, 0.1) is 0 Å². The Morgan fingerprint density at radius 2 is 1.68 bits per heavy atom. The molecule has 2 aromatic rings. The van der Waals surface area contributed by atoms with Gasteiger partial charge in [-0.15, -0.1) is 0 Å². The van der Waals surface area contributed by atoms with Crippen LogP contribution in [0.2, 0.25) is 0 Å². The number of methoxy groups -OCH3 is 2. The number of hydrogen-bond donors (Lipinski definition) is 1. The third kappa shape index (κ3) is 6.74. The molecule has 1 spiro atoms. The second kappa shape index (κ2) is 13.3. The van der Waals surface area contributed by atoms with Gasteiger partial charge >= 0.3 is 6.03 Å². The van der Waals surface area contributed by atoms with Crippen molar-refractivity contribution < 1.29 is 19.1 Å². The van der Waals surface area contributed by atoms with Crippen LogP contribution in [0.3, 0.4) is 0 Å². The van der Waals surface area contributed by atoms with Gasteiger partial charge < -0.3 is 19.7 Å². The van der Waals surface area contributed by atoms with Gasteiger partial charge in [-0.05, 0) is 49.1 Å². The first kappa shape index (κ1) is 29.0. The van der Waals surface area contributed by atoms with Crippen molar-refractivity contribution in [1.29, 1.82) is 0 Å². The minimum absolute atomic E-state index is 0.0876. The summed E-state index contributed by atoms with van der Waals surface area (Å²) in [5.41, 5.74) is 2.64. The lowest BCUT2D eigenvalue weighted by molar-refractivity contribution is -0.135. The monoisotopic (exact) mass is 544 g/mol. The fraction of sp³-hybridized carbons (Fsp3) is 0.375. The molecule has 8 nitrogen and oxygen atoms in total. The van der Waals surface area contributed by atoms with Crippen LogP contribution in [0.5, 0.6) is 11.5 Å². The molecule has 0 saturated carbocycles. The molecule has 0 unspecified atom stereocenters. The number of nitrogens with one attached hydrogen (secondary N) is 1. The van der Waals surface area contributed by atoms with Crippen molar-refractivity contribution in [3.8, 4) is 11.5 Å². The van der Waals surface area contributed by atoms with Gasteiger partial charge in [0.15, 0.2) is 0 Å². The number of likely N-dealkylation sites (N-methyl/N-ethyl adjacent to an activating group) is 1. The van der Waals surface area contributed by atoms with E-state index in [0.29, 0.717) is 12.8 Å². The van der Waals surface area contributed by atoms with Crippen LogP contribution in [0.25, 0.3) is 6.08 Å². The molecular weight excluding hydrogens is 504 g/mol. The molecule has 0 atom stereocenters. The summed E-state index contributed by atoms with van der Waals surface area (Å²) in [6, 6.07) is 15.5. The van der Waals surface area contributed by atoms with Crippen LogP contribution < -0.4 is 14.8 Å². The molecule has 0 bridgehead atoms. The Hall–Kier alpha value is -4.04. The first-order valence-electron chi connectivity index (χ1n) is 13.7.